The third kappa shape index (κ3) is 3.08. The molecule has 2 aromatic carbocycles. The van der Waals surface area contributed by atoms with Gasteiger partial charge in [-0.2, -0.15) is 5.10 Å². The summed E-state index contributed by atoms with van der Waals surface area (Å²) in [5, 5.41) is 5.87. The Morgan fingerprint density at radius 2 is 1.79 bits per heavy atom. The number of ketones is 1. The van der Waals surface area contributed by atoms with E-state index in [0.29, 0.717) is 23.7 Å². The maximum Gasteiger partial charge on any atom is 0.259 e. The van der Waals surface area contributed by atoms with Crippen LogP contribution in [0.5, 0.6) is 5.75 Å². The molecule has 2 amide bonds. The van der Waals surface area contributed by atoms with Crippen LogP contribution in [0.4, 0.5) is 11.4 Å². The van der Waals surface area contributed by atoms with E-state index in [9.17, 15) is 14.4 Å². The van der Waals surface area contributed by atoms with Crippen molar-refractivity contribution in [3.8, 4) is 5.75 Å². The lowest BCUT2D eigenvalue weighted by Gasteiger charge is -2.22. The Hall–Kier alpha value is -3.48. The highest BCUT2D eigenvalue weighted by atomic mass is 16.5. The van der Waals surface area contributed by atoms with E-state index in [0.717, 1.165) is 10.5 Å². The van der Waals surface area contributed by atoms with Crippen LogP contribution in [0.15, 0.2) is 53.6 Å². The second-order valence-corrected chi connectivity index (χ2v) is 7.09. The van der Waals surface area contributed by atoms with E-state index in [1.165, 1.54) is 11.9 Å². The quantitative estimate of drug-likeness (QED) is 0.733. The topological polar surface area (TPSA) is 79.3 Å². The van der Waals surface area contributed by atoms with Crippen molar-refractivity contribution in [2.45, 2.75) is 26.8 Å². The van der Waals surface area contributed by atoms with Gasteiger partial charge in [0.2, 0.25) is 5.91 Å². The molecule has 2 atom stereocenters. The summed E-state index contributed by atoms with van der Waals surface area (Å²) < 4.78 is 5.43. The van der Waals surface area contributed by atoms with E-state index in [-0.39, 0.29) is 11.5 Å². The van der Waals surface area contributed by atoms with Gasteiger partial charge in [0.15, 0.2) is 5.78 Å². The van der Waals surface area contributed by atoms with Crippen molar-refractivity contribution in [2.24, 2.45) is 11.0 Å². The predicted molar refractivity (Wildman–Crippen MR) is 109 cm³/mol. The molecule has 148 valence electrons. The molecule has 0 N–H and O–H groups in total. The molecule has 0 radical (unpaired) electrons. The summed E-state index contributed by atoms with van der Waals surface area (Å²) in [4.78, 5) is 39.8. The van der Waals surface area contributed by atoms with E-state index < -0.39 is 23.8 Å². The Balaban J connectivity index is 1.74. The van der Waals surface area contributed by atoms with Crippen LogP contribution in [0.25, 0.3) is 0 Å². The van der Waals surface area contributed by atoms with Gasteiger partial charge < -0.3 is 4.74 Å². The number of carbonyl (C=O) groups excluding carboxylic acids is 3. The number of anilines is 2. The maximum absolute atomic E-state index is 13.3. The number of nitrogens with zero attached hydrogens (tertiary/aromatic N) is 3. The number of ether oxygens (including phenoxy) is 1. The summed E-state index contributed by atoms with van der Waals surface area (Å²) in [7, 11) is 0. The lowest BCUT2D eigenvalue weighted by Crippen LogP contribution is -2.39. The number of aryl methyl sites for hydroxylation is 1. The van der Waals surface area contributed by atoms with E-state index >= 15 is 0 Å². The zero-order valence-corrected chi connectivity index (χ0v) is 16.5. The SMILES string of the molecule is CCOc1ccc(N2C(=O)[C@@H]3C(C(C)=O)=NN(c4cccc(C)c4)[C@@H]3C2=O)cc1. The van der Waals surface area contributed by atoms with Gasteiger partial charge in [-0.3, -0.25) is 19.4 Å². The fourth-order valence-electron chi connectivity index (χ4n) is 3.80. The summed E-state index contributed by atoms with van der Waals surface area (Å²) in [6.45, 7) is 5.70. The minimum Gasteiger partial charge on any atom is -0.494 e. The van der Waals surface area contributed by atoms with Crippen LogP contribution < -0.4 is 14.6 Å². The van der Waals surface area contributed by atoms with Gasteiger partial charge in [-0.25, -0.2) is 4.90 Å². The highest BCUT2D eigenvalue weighted by Gasteiger charge is 2.58. The average Bonchev–Trinajstić information content (AvgIpc) is 3.21. The number of hydrogen-bond acceptors (Lipinski definition) is 6. The van der Waals surface area contributed by atoms with Crippen molar-refractivity contribution >= 4 is 34.7 Å². The van der Waals surface area contributed by atoms with Gasteiger partial charge >= 0.3 is 0 Å². The molecule has 0 saturated carbocycles. The van der Waals surface area contributed by atoms with Crippen LogP contribution >= 0.6 is 0 Å². The molecular weight excluding hydrogens is 370 g/mol. The number of amides is 2. The number of benzene rings is 2. The number of Topliss-reactive ketones (excluding diaryl/α,β-unsaturated/α-hetero) is 1. The van der Waals surface area contributed by atoms with Gasteiger partial charge in [0.05, 0.1) is 18.0 Å². The number of hydrogen-bond donors (Lipinski definition) is 0. The van der Waals surface area contributed by atoms with Crippen molar-refractivity contribution in [1.29, 1.82) is 0 Å². The van der Waals surface area contributed by atoms with E-state index in [1.807, 2.05) is 38.1 Å². The Morgan fingerprint density at radius 1 is 1.07 bits per heavy atom. The number of hydrazone groups is 1. The molecule has 0 aromatic heterocycles. The van der Waals surface area contributed by atoms with Gasteiger partial charge in [-0.15, -0.1) is 0 Å². The summed E-state index contributed by atoms with van der Waals surface area (Å²) in [6, 6.07) is 13.4. The van der Waals surface area contributed by atoms with Crippen LogP contribution in [0, 0.1) is 12.8 Å². The van der Waals surface area contributed by atoms with Crippen LogP contribution in [0.3, 0.4) is 0 Å². The summed E-state index contributed by atoms with van der Waals surface area (Å²) in [5.41, 5.74) is 2.23. The molecule has 2 aromatic rings. The molecule has 0 unspecified atom stereocenters. The minimum atomic E-state index is -0.910. The first-order chi connectivity index (χ1) is 13.9. The fourth-order valence-corrected chi connectivity index (χ4v) is 3.80. The van der Waals surface area contributed by atoms with Crippen LogP contribution in [-0.2, 0) is 14.4 Å². The lowest BCUT2D eigenvalue weighted by molar-refractivity contribution is -0.122. The van der Waals surface area contributed by atoms with Crippen LogP contribution in [-0.4, -0.2) is 36.0 Å². The third-order valence-electron chi connectivity index (χ3n) is 5.08. The highest BCUT2D eigenvalue weighted by molar-refractivity contribution is 6.48. The zero-order valence-electron chi connectivity index (χ0n) is 16.5. The molecule has 0 bridgehead atoms. The molecule has 2 aliphatic rings. The van der Waals surface area contributed by atoms with Gasteiger partial charge in [0.25, 0.3) is 5.91 Å². The minimum absolute atomic E-state index is 0.114. The normalized spacial score (nSPS) is 20.7. The maximum atomic E-state index is 13.3. The van der Waals surface area contributed by atoms with Crippen molar-refractivity contribution < 1.29 is 19.1 Å². The molecule has 2 heterocycles. The first-order valence-electron chi connectivity index (χ1n) is 9.48. The largest absolute Gasteiger partial charge is 0.494 e. The monoisotopic (exact) mass is 391 g/mol. The van der Waals surface area contributed by atoms with Crippen LogP contribution in [0.2, 0.25) is 0 Å². The highest BCUT2D eigenvalue weighted by Crippen LogP contribution is 2.38. The zero-order chi connectivity index (χ0) is 20.7. The molecule has 29 heavy (non-hydrogen) atoms. The fraction of sp³-hybridized carbons (Fsp3) is 0.273. The van der Waals surface area contributed by atoms with E-state index in [2.05, 4.69) is 5.10 Å². The Bertz CT molecular complexity index is 1030. The van der Waals surface area contributed by atoms with Crippen molar-refractivity contribution in [1.82, 2.24) is 0 Å². The Labute approximate surface area is 168 Å². The molecule has 2 aliphatic heterocycles. The van der Waals surface area contributed by atoms with Gasteiger partial charge in [-0.1, -0.05) is 12.1 Å². The molecule has 0 spiro atoms. The molecule has 1 fully saturated rings. The molecular formula is C22H21N3O4. The van der Waals surface area contributed by atoms with Crippen molar-refractivity contribution in [3.05, 3.63) is 54.1 Å². The first-order valence-corrected chi connectivity index (χ1v) is 9.48. The second-order valence-electron chi connectivity index (χ2n) is 7.09. The summed E-state index contributed by atoms with van der Waals surface area (Å²) >= 11 is 0. The number of fused-ring (bicyclic) bond motifs is 1. The van der Waals surface area contributed by atoms with Gasteiger partial charge in [-0.05, 0) is 55.8 Å². The third-order valence-corrected chi connectivity index (χ3v) is 5.08. The first kappa shape index (κ1) is 18.9. The molecule has 0 aliphatic carbocycles. The molecule has 1 saturated heterocycles. The van der Waals surface area contributed by atoms with E-state index in [1.54, 1.807) is 24.3 Å². The Morgan fingerprint density at radius 3 is 2.41 bits per heavy atom. The van der Waals surface area contributed by atoms with E-state index in [4.69, 9.17) is 4.74 Å². The molecule has 7 nitrogen and oxygen atoms in total. The summed E-state index contributed by atoms with van der Waals surface area (Å²) in [6.07, 6.45) is 0. The van der Waals surface area contributed by atoms with Gasteiger partial charge in [0, 0.05) is 6.92 Å². The number of rotatable bonds is 5. The van der Waals surface area contributed by atoms with Crippen LogP contribution in [0.1, 0.15) is 19.4 Å². The number of imide groups is 1. The predicted octanol–water partition coefficient (Wildman–Crippen LogP) is 2.72. The van der Waals surface area contributed by atoms with Crippen molar-refractivity contribution in [2.75, 3.05) is 16.5 Å². The standard InChI is InChI=1S/C22H21N3O4/c1-4-29-17-10-8-15(9-11-17)24-21(27)18-19(14(3)26)23-25(20(18)22(24)28)16-7-5-6-13(2)12-16/h5-12,18,20H,4H2,1-3H3/t18-,20+/m1/s1. The lowest BCUT2D eigenvalue weighted by atomic mass is 9.95. The summed E-state index contributed by atoms with van der Waals surface area (Å²) in [5.74, 6) is -1.40. The molecule has 7 heteroatoms. The van der Waals surface area contributed by atoms with Gasteiger partial charge in [0.1, 0.15) is 23.4 Å². The molecule has 4 rings (SSSR count). The number of carbonyl (C=O) groups is 3. The second kappa shape index (κ2) is 7.16. The average molecular weight is 391 g/mol. The van der Waals surface area contributed by atoms with Crippen molar-refractivity contribution in [3.63, 3.8) is 0 Å². The smallest absolute Gasteiger partial charge is 0.259 e. The Kier molecular flexibility index (Phi) is 4.66.